The van der Waals surface area contributed by atoms with Crippen LogP contribution in [0.4, 0.5) is 0 Å². The third-order valence-corrected chi connectivity index (χ3v) is 3.96. The van der Waals surface area contributed by atoms with E-state index in [4.69, 9.17) is 9.47 Å². The van der Waals surface area contributed by atoms with Gasteiger partial charge in [0.1, 0.15) is 18.0 Å². The Kier molecular flexibility index (Phi) is 4.12. The topological polar surface area (TPSA) is 88.8 Å². The maximum atomic E-state index is 12.6. The number of nitrogens with zero attached hydrogens (tertiary/aromatic N) is 2. The number of esters is 1. The summed E-state index contributed by atoms with van der Waals surface area (Å²) in [5, 5.41) is 0. The van der Waals surface area contributed by atoms with Crippen molar-refractivity contribution < 1.29 is 19.0 Å². The summed E-state index contributed by atoms with van der Waals surface area (Å²) in [6, 6.07) is 0. The van der Waals surface area contributed by atoms with Gasteiger partial charge in [0, 0.05) is 19.4 Å². The van der Waals surface area contributed by atoms with Crippen LogP contribution in [-0.2, 0) is 14.2 Å². The summed E-state index contributed by atoms with van der Waals surface area (Å²) >= 11 is 0. The van der Waals surface area contributed by atoms with Crippen molar-refractivity contribution in [3.63, 3.8) is 0 Å². The van der Waals surface area contributed by atoms with Gasteiger partial charge in [-0.2, -0.15) is 0 Å². The first kappa shape index (κ1) is 15.0. The molecule has 0 bridgehead atoms. The highest BCUT2D eigenvalue weighted by atomic mass is 16.5. The van der Waals surface area contributed by atoms with Crippen LogP contribution in [0.5, 0.6) is 0 Å². The molecule has 3 rings (SSSR count). The molecule has 1 aromatic rings. The van der Waals surface area contributed by atoms with Gasteiger partial charge in [0.15, 0.2) is 0 Å². The normalized spacial score (nSPS) is 24.6. The monoisotopic (exact) mass is 310 g/mol. The van der Waals surface area contributed by atoms with E-state index in [9.17, 15) is 14.4 Å². The van der Waals surface area contributed by atoms with Gasteiger partial charge in [-0.15, -0.1) is 0 Å². The van der Waals surface area contributed by atoms with Crippen LogP contribution in [0.1, 0.15) is 48.5 Å². The molecule has 3 heterocycles. The molecule has 0 saturated carbocycles. The Labute approximate surface area is 126 Å². The van der Waals surface area contributed by atoms with Gasteiger partial charge in [0.25, 0.3) is 5.56 Å². The summed E-state index contributed by atoms with van der Waals surface area (Å²) in [5.41, 5.74) is -1.39. The van der Waals surface area contributed by atoms with E-state index in [1.54, 1.807) is 0 Å². The Morgan fingerprint density at radius 3 is 2.36 bits per heavy atom. The first-order chi connectivity index (χ1) is 10.6. The van der Waals surface area contributed by atoms with Gasteiger partial charge in [-0.05, 0) is 25.7 Å². The number of aromatic nitrogens is 2. The molecule has 0 aliphatic carbocycles. The molecular weight excluding hydrogens is 292 g/mol. The number of hydrogen-bond acceptors (Lipinski definition) is 6. The lowest BCUT2D eigenvalue weighted by atomic mass is 10.3. The van der Waals surface area contributed by atoms with Crippen LogP contribution < -0.4 is 11.2 Å². The van der Waals surface area contributed by atoms with Gasteiger partial charge in [0.05, 0.1) is 7.11 Å². The summed E-state index contributed by atoms with van der Waals surface area (Å²) in [7, 11) is 1.19. The molecule has 2 aliphatic rings. The molecule has 0 amide bonds. The molecule has 2 atom stereocenters. The lowest BCUT2D eigenvalue weighted by Crippen LogP contribution is -2.45. The molecule has 2 saturated heterocycles. The third kappa shape index (κ3) is 2.48. The van der Waals surface area contributed by atoms with Gasteiger partial charge >= 0.3 is 11.7 Å². The van der Waals surface area contributed by atoms with E-state index in [-0.39, 0.29) is 5.56 Å². The van der Waals surface area contributed by atoms with Crippen LogP contribution in [0.15, 0.2) is 15.8 Å². The van der Waals surface area contributed by atoms with E-state index in [1.165, 1.54) is 17.9 Å². The maximum absolute atomic E-state index is 12.6. The molecule has 0 N–H and O–H groups in total. The Hall–Kier alpha value is -1.93. The fraction of sp³-hybridized carbons (Fsp3) is 0.643. The van der Waals surface area contributed by atoms with Crippen LogP contribution in [-0.4, -0.2) is 35.4 Å². The SMILES string of the molecule is COC(=O)c1cn(C2CCCO2)c(=O)n(C2CCCO2)c1=O. The molecule has 120 valence electrons. The predicted octanol–water partition coefficient (Wildman–Crippen LogP) is 0.415. The molecule has 8 nitrogen and oxygen atoms in total. The van der Waals surface area contributed by atoms with Crippen LogP contribution >= 0.6 is 0 Å². The smallest absolute Gasteiger partial charge is 0.345 e. The molecule has 0 radical (unpaired) electrons. The second-order valence-corrected chi connectivity index (χ2v) is 5.33. The zero-order valence-electron chi connectivity index (χ0n) is 12.3. The largest absolute Gasteiger partial charge is 0.465 e. The summed E-state index contributed by atoms with van der Waals surface area (Å²) in [4.78, 5) is 37.0. The Morgan fingerprint density at radius 1 is 1.18 bits per heavy atom. The highest BCUT2D eigenvalue weighted by Crippen LogP contribution is 2.23. The Bertz CT molecular complexity index is 680. The van der Waals surface area contributed by atoms with Crippen molar-refractivity contribution in [2.45, 2.75) is 38.1 Å². The minimum atomic E-state index is -0.775. The summed E-state index contributed by atoms with van der Waals surface area (Å²) in [6.07, 6.45) is 2.93. The second kappa shape index (κ2) is 6.05. The number of ether oxygens (including phenoxy) is 3. The average Bonchev–Trinajstić information content (AvgIpc) is 3.20. The van der Waals surface area contributed by atoms with E-state index >= 15 is 0 Å². The number of carbonyl (C=O) groups is 1. The predicted molar refractivity (Wildman–Crippen MR) is 74.7 cm³/mol. The van der Waals surface area contributed by atoms with Crippen molar-refractivity contribution in [3.05, 3.63) is 32.6 Å². The quantitative estimate of drug-likeness (QED) is 0.752. The summed E-state index contributed by atoms with van der Waals surface area (Å²) in [5.74, 6) is -0.775. The molecule has 2 fully saturated rings. The van der Waals surface area contributed by atoms with Crippen molar-refractivity contribution in [3.8, 4) is 0 Å². The number of rotatable bonds is 3. The van der Waals surface area contributed by atoms with E-state index in [0.717, 1.165) is 17.4 Å². The van der Waals surface area contributed by atoms with Crippen LogP contribution in [0, 0.1) is 0 Å². The highest BCUT2D eigenvalue weighted by Gasteiger charge is 2.29. The zero-order valence-corrected chi connectivity index (χ0v) is 12.3. The number of methoxy groups -OCH3 is 1. The van der Waals surface area contributed by atoms with Gasteiger partial charge in [-0.1, -0.05) is 0 Å². The third-order valence-electron chi connectivity index (χ3n) is 3.96. The standard InChI is InChI=1S/C14H18N2O6/c1-20-13(18)9-8-15(10-4-2-6-21-10)14(19)16(12(9)17)11-5-3-7-22-11/h8,10-11H,2-7H2,1H3. The molecule has 0 spiro atoms. The minimum absolute atomic E-state index is 0.187. The zero-order chi connectivity index (χ0) is 15.7. The van der Waals surface area contributed by atoms with Gasteiger partial charge in [-0.25, -0.2) is 14.2 Å². The molecule has 1 aromatic heterocycles. The van der Waals surface area contributed by atoms with E-state index in [0.29, 0.717) is 26.1 Å². The van der Waals surface area contributed by atoms with Gasteiger partial charge in [0.2, 0.25) is 0 Å². The fourth-order valence-electron chi connectivity index (χ4n) is 2.85. The maximum Gasteiger partial charge on any atom is 0.345 e. The van der Waals surface area contributed by atoms with Crippen LogP contribution in [0.25, 0.3) is 0 Å². The Morgan fingerprint density at radius 2 is 1.82 bits per heavy atom. The average molecular weight is 310 g/mol. The van der Waals surface area contributed by atoms with Crippen molar-refractivity contribution in [1.29, 1.82) is 0 Å². The highest BCUT2D eigenvalue weighted by molar-refractivity contribution is 5.88. The molecule has 2 unspecified atom stereocenters. The number of hydrogen-bond donors (Lipinski definition) is 0. The molecule has 22 heavy (non-hydrogen) atoms. The van der Waals surface area contributed by atoms with Crippen molar-refractivity contribution in [2.75, 3.05) is 20.3 Å². The van der Waals surface area contributed by atoms with Crippen LogP contribution in [0.3, 0.4) is 0 Å². The molecule has 2 aliphatic heterocycles. The molecule has 8 heteroatoms. The minimum Gasteiger partial charge on any atom is -0.465 e. The van der Waals surface area contributed by atoms with Crippen molar-refractivity contribution in [1.82, 2.24) is 9.13 Å². The van der Waals surface area contributed by atoms with E-state index in [1.807, 2.05) is 0 Å². The Balaban J connectivity index is 2.18. The summed E-state index contributed by atoms with van der Waals surface area (Å²) in [6.45, 7) is 1.03. The van der Waals surface area contributed by atoms with Crippen LogP contribution in [0.2, 0.25) is 0 Å². The van der Waals surface area contributed by atoms with E-state index in [2.05, 4.69) is 4.74 Å². The van der Waals surface area contributed by atoms with Gasteiger partial charge in [-0.3, -0.25) is 9.36 Å². The van der Waals surface area contributed by atoms with Crippen molar-refractivity contribution >= 4 is 5.97 Å². The molecule has 0 aromatic carbocycles. The first-order valence-electron chi connectivity index (χ1n) is 7.32. The first-order valence-corrected chi connectivity index (χ1v) is 7.32. The van der Waals surface area contributed by atoms with Crippen molar-refractivity contribution in [2.24, 2.45) is 0 Å². The second-order valence-electron chi connectivity index (χ2n) is 5.33. The van der Waals surface area contributed by atoms with E-state index < -0.39 is 29.7 Å². The lowest BCUT2D eigenvalue weighted by molar-refractivity contribution is 0.0306. The fourth-order valence-corrected chi connectivity index (χ4v) is 2.85. The lowest BCUT2D eigenvalue weighted by Gasteiger charge is -2.19. The summed E-state index contributed by atoms with van der Waals surface area (Å²) < 4.78 is 17.9. The molecular formula is C14H18N2O6. The number of carbonyl (C=O) groups excluding carboxylic acids is 1. The van der Waals surface area contributed by atoms with Gasteiger partial charge < -0.3 is 14.2 Å².